The number of aliphatic imine (C=N–C) groups is 1. The summed E-state index contributed by atoms with van der Waals surface area (Å²) in [7, 11) is 1.75. The second-order valence-corrected chi connectivity index (χ2v) is 9.56. The normalized spacial score (nSPS) is 16.3. The van der Waals surface area contributed by atoms with Crippen molar-refractivity contribution in [1.82, 2.24) is 15.6 Å². The molecule has 0 spiro atoms. The van der Waals surface area contributed by atoms with Gasteiger partial charge in [-0.15, -0.1) is 0 Å². The van der Waals surface area contributed by atoms with Crippen LogP contribution in [0.1, 0.15) is 36.8 Å². The van der Waals surface area contributed by atoms with Gasteiger partial charge in [-0.05, 0) is 87.5 Å². The maximum absolute atomic E-state index is 12.1. The molecule has 188 valence electrons. The molecule has 1 aliphatic heterocycles. The SMILES string of the molecule is CN=Cc1cc2c(Oc3ccc(NC(=O)NC4CC4)c(C)c3)ccnc2cc1OCC1CCNCC1. The lowest BCUT2D eigenvalue weighted by Gasteiger charge is -2.23. The second kappa shape index (κ2) is 11.0. The smallest absolute Gasteiger partial charge is 0.319 e. The van der Waals surface area contributed by atoms with Crippen molar-refractivity contribution in [2.75, 3.05) is 32.1 Å². The summed E-state index contributed by atoms with van der Waals surface area (Å²) in [6, 6.07) is 11.6. The minimum atomic E-state index is -0.169. The summed E-state index contributed by atoms with van der Waals surface area (Å²) in [5.41, 5.74) is 3.38. The number of nitrogens with one attached hydrogen (secondary N) is 3. The summed E-state index contributed by atoms with van der Waals surface area (Å²) in [5.74, 6) is 2.72. The largest absolute Gasteiger partial charge is 0.493 e. The highest BCUT2D eigenvalue weighted by molar-refractivity contribution is 5.95. The van der Waals surface area contributed by atoms with Crippen molar-refractivity contribution >= 4 is 28.8 Å². The van der Waals surface area contributed by atoms with Crippen LogP contribution < -0.4 is 25.4 Å². The molecule has 2 aliphatic rings. The van der Waals surface area contributed by atoms with Gasteiger partial charge < -0.3 is 25.4 Å². The minimum Gasteiger partial charge on any atom is -0.493 e. The van der Waals surface area contributed by atoms with Gasteiger partial charge in [0.25, 0.3) is 0 Å². The van der Waals surface area contributed by atoms with Crippen LogP contribution >= 0.6 is 0 Å². The molecule has 8 nitrogen and oxygen atoms in total. The van der Waals surface area contributed by atoms with Gasteiger partial charge in [-0.1, -0.05) is 0 Å². The van der Waals surface area contributed by atoms with Crippen molar-refractivity contribution in [3.05, 3.63) is 53.7 Å². The molecule has 8 heteroatoms. The number of benzene rings is 2. The molecule has 0 radical (unpaired) electrons. The number of rotatable bonds is 8. The van der Waals surface area contributed by atoms with Gasteiger partial charge in [0.2, 0.25) is 0 Å². The number of carbonyl (C=O) groups excluding carboxylic acids is 1. The fraction of sp³-hybridized carbons (Fsp3) is 0.393. The first kappa shape index (κ1) is 24.1. The average Bonchev–Trinajstić information content (AvgIpc) is 3.69. The molecular formula is C28H33N5O3. The van der Waals surface area contributed by atoms with Gasteiger partial charge in [0.15, 0.2) is 0 Å². The molecule has 1 aromatic heterocycles. The van der Waals surface area contributed by atoms with Crippen LogP contribution in [0.2, 0.25) is 0 Å². The average molecular weight is 488 g/mol. The van der Waals surface area contributed by atoms with Crippen LogP contribution in [-0.4, -0.2) is 50.0 Å². The molecule has 1 saturated heterocycles. The van der Waals surface area contributed by atoms with Crippen molar-refractivity contribution in [3.8, 4) is 17.2 Å². The Hall–Kier alpha value is -3.65. The molecule has 2 fully saturated rings. The van der Waals surface area contributed by atoms with Gasteiger partial charge in [-0.3, -0.25) is 9.98 Å². The van der Waals surface area contributed by atoms with Gasteiger partial charge in [0.1, 0.15) is 17.2 Å². The number of urea groups is 1. The van der Waals surface area contributed by atoms with E-state index in [1.807, 2.05) is 49.5 Å². The molecule has 0 unspecified atom stereocenters. The first-order valence-corrected chi connectivity index (χ1v) is 12.6. The zero-order valence-corrected chi connectivity index (χ0v) is 20.8. The third-order valence-corrected chi connectivity index (χ3v) is 6.62. The van der Waals surface area contributed by atoms with Crippen LogP contribution in [0.3, 0.4) is 0 Å². The third kappa shape index (κ3) is 5.94. The molecule has 2 heterocycles. The van der Waals surface area contributed by atoms with Crippen LogP contribution in [0.25, 0.3) is 10.9 Å². The Morgan fingerprint density at radius 3 is 2.72 bits per heavy atom. The first-order chi connectivity index (χ1) is 17.6. The lowest BCUT2D eigenvalue weighted by molar-refractivity contribution is 0.215. The minimum absolute atomic E-state index is 0.169. The third-order valence-electron chi connectivity index (χ3n) is 6.62. The van der Waals surface area contributed by atoms with Gasteiger partial charge in [0, 0.05) is 48.2 Å². The highest BCUT2D eigenvalue weighted by Crippen LogP contribution is 2.34. The predicted octanol–water partition coefficient (Wildman–Crippen LogP) is 5.05. The number of amides is 2. The zero-order valence-electron chi connectivity index (χ0n) is 20.8. The number of anilines is 1. The maximum atomic E-state index is 12.1. The van der Waals surface area contributed by atoms with Gasteiger partial charge in [-0.2, -0.15) is 0 Å². The molecule has 2 aromatic carbocycles. The van der Waals surface area contributed by atoms with E-state index in [9.17, 15) is 4.79 Å². The van der Waals surface area contributed by atoms with E-state index in [1.54, 1.807) is 13.2 Å². The van der Waals surface area contributed by atoms with Crippen molar-refractivity contribution in [2.45, 2.75) is 38.6 Å². The van der Waals surface area contributed by atoms with Crippen LogP contribution in [0.5, 0.6) is 17.2 Å². The lowest BCUT2D eigenvalue weighted by atomic mass is 9.99. The Balaban J connectivity index is 1.35. The molecule has 5 rings (SSSR count). The van der Waals surface area contributed by atoms with E-state index in [0.717, 1.165) is 72.2 Å². The highest BCUT2D eigenvalue weighted by Gasteiger charge is 2.23. The summed E-state index contributed by atoms with van der Waals surface area (Å²) < 4.78 is 12.5. The molecule has 2 amide bonds. The number of aromatic nitrogens is 1. The van der Waals surface area contributed by atoms with Crippen LogP contribution in [0, 0.1) is 12.8 Å². The number of piperidine rings is 1. The number of aryl methyl sites for hydroxylation is 1. The summed E-state index contributed by atoms with van der Waals surface area (Å²) in [5, 5.41) is 10.1. The topological polar surface area (TPSA) is 96.9 Å². The van der Waals surface area contributed by atoms with Crippen LogP contribution in [0.15, 0.2) is 47.6 Å². The number of nitrogens with zero attached hydrogens (tertiary/aromatic N) is 2. The van der Waals surface area contributed by atoms with Crippen molar-refractivity contribution in [2.24, 2.45) is 10.9 Å². The number of ether oxygens (including phenoxy) is 2. The van der Waals surface area contributed by atoms with Gasteiger partial charge >= 0.3 is 6.03 Å². The standard InChI is InChI=1S/C28H33N5O3/c1-18-13-22(5-6-24(18)33-28(34)32-21-3-4-21)36-26-9-12-31-25-15-27(20(16-29-2)14-23(25)26)35-17-19-7-10-30-11-8-19/h5-6,9,12-16,19,21,30H,3-4,7-8,10-11,17H2,1-2H3,(H2,32,33,34). The Morgan fingerprint density at radius 2 is 1.97 bits per heavy atom. The van der Waals surface area contributed by atoms with Gasteiger partial charge in [0.05, 0.1) is 12.1 Å². The fourth-order valence-corrected chi connectivity index (χ4v) is 4.41. The molecular weight excluding hydrogens is 454 g/mol. The number of hydrogen-bond donors (Lipinski definition) is 3. The highest BCUT2D eigenvalue weighted by atomic mass is 16.5. The van der Waals surface area contributed by atoms with E-state index >= 15 is 0 Å². The van der Waals surface area contributed by atoms with E-state index < -0.39 is 0 Å². The lowest BCUT2D eigenvalue weighted by Crippen LogP contribution is -2.30. The molecule has 1 aliphatic carbocycles. The van der Waals surface area contributed by atoms with E-state index in [1.165, 1.54) is 0 Å². The molecule has 1 saturated carbocycles. The monoisotopic (exact) mass is 487 g/mol. The number of carbonyl (C=O) groups is 1. The van der Waals surface area contributed by atoms with E-state index in [4.69, 9.17) is 9.47 Å². The number of pyridine rings is 1. The van der Waals surface area contributed by atoms with E-state index in [-0.39, 0.29) is 6.03 Å². The predicted molar refractivity (Wildman–Crippen MR) is 143 cm³/mol. The Bertz CT molecular complexity index is 1270. The summed E-state index contributed by atoms with van der Waals surface area (Å²) >= 11 is 0. The number of fused-ring (bicyclic) bond motifs is 1. The molecule has 0 atom stereocenters. The molecule has 3 N–H and O–H groups in total. The maximum Gasteiger partial charge on any atom is 0.319 e. The second-order valence-electron chi connectivity index (χ2n) is 9.56. The van der Waals surface area contributed by atoms with Crippen LogP contribution in [-0.2, 0) is 0 Å². The molecule has 3 aromatic rings. The van der Waals surface area contributed by atoms with Crippen LogP contribution in [0.4, 0.5) is 10.5 Å². The van der Waals surface area contributed by atoms with Crippen molar-refractivity contribution in [1.29, 1.82) is 0 Å². The molecule has 0 bridgehead atoms. The quantitative estimate of drug-likeness (QED) is 0.387. The van der Waals surface area contributed by atoms with Gasteiger partial charge in [-0.25, -0.2) is 4.79 Å². The number of hydrogen-bond acceptors (Lipinski definition) is 6. The summed E-state index contributed by atoms with van der Waals surface area (Å²) in [4.78, 5) is 20.9. The first-order valence-electron chi connectivity index (χ1n) is 12.6. The summed E-state index contributed by atoms with van der Waals surface area (Å²) in [6.45, 7) is 4.72. The fourth-order valence-electron chi connectivity index (χ4n) is 4.41. The van der Waals surface area contributed by atoms with E-state index in [2.05, 4.69) is 25.9 Å². The summed E-state index contributed by atoms with van der Waals surface area (Å²) in [6.07, 6.45) is 7.91. The Labute approximate surface area is 211 Å². The van der Waals surface area contributed by atoms with E-state index in [0.29, 0.717) is 30.1 Å². The van der Waals surface area contributed by atoms with Crippen molar-refractivity contribution in [3.63, 3.8) is 0 Å². The Morgan fingerprint density at radius 1 is 1.14 bits per heavy atom. The molecule has 36 heavy (non-hydrogen) atoms. The zero-order chi connectivity index (χ0) is 24.9. The van der Waals surface area contributed by atoms with Crippen molar-refractivity contribution < 1.29 is 14.3 Å². The Kier molecular flexibility index (Phi) is 7.32.